The number of nitrogens with two attached hydrogens (primary N) is 1. The van der Waals surface area contributed by atoms with E-state index in [4.69, 9.17) is 5.73 Å². The molecule has 0 radical (unpaired) electrons. The number of Topliss-reactive ketones (excluding diaryl/α,β-unsaturated/α-hetero) is 1. The van der Waals surface area contributed by atoms with Crippen LogP contribution in [0.25, 0.3) is 0 Å². The molecule has 6 heteroatoms. The number of nitrogen functional groups attached to an aromatic ring is 1. The van der Waals surface area contributed by atoms with Gasteiger partial charge >= 0.3 is 0 Å². The lowest BCUT2D eigenvalue weighted by Gasteiger charge is -2.35. The van der Waals surface area contributed by atoms with Crippen LogP contribution in [0.3, 0.4) is 0 Å². The van der Waals surface area contributed by atoms with E-state index in [0.29, 0.717) is 17.8 Å². The van der Waals surface area contributed by atoms with Gasteiger partial charge in [0, 0.05) is 29.5 Å². The van der Waals surface area contributed by atoms with Crippen LogP contribution in [0.2, 0.25) is 0 Å². The molecule has 1 aromatic carbocycles. The van der Waals surface area contributed by atoms with Crippen molar-refractivity contribution in [1.82, 2.24) is 0 Å². The van der Waals surface area contributed by atoms with Crippen LogP contribution in [0.4, 0.5) is 11.4 Å². The molecule has 1 heterocycles. The Bertz CT molecular complexity index is 610. The second-order valence-electron chi connectivity index (χ2n) is 4.98. The zero-order chi connectivity index (χ0) is 14.2. The Labute approximate surface area is 113 Å². The first-order valence-corrected chi connectivity index (χ1v) is 8.00. The van der Waals surface area contributed by atoms with Gasteiger partial charge in [0.1, 0.15) is 0 Å². The molecule has 0 saturated carbocycles. The highest BCUT2D eigenvalue weighted by molar-refractivity contribution is 7.91. The molecule has 0 amide bonds. The normalized spacial score (nSPS) is 22.2. The summed E-state index contributed by atoms with van der Waals surface area (Å²) in [5.74, 6) is 0.242. The molecule has 104 valence electrons. The minimum absolute atomic E-state index is 0.0710. The summed E-state index contributed by atoms with van der Waals surface area (Å²) < 4.78 is 23.1. The van der Waals surface area contributed by atoms with E-state index in [2.05, 4.69) is 0 Å². The predicted octanol–water partition coefficient (Wildman–Crippen LogP) is 1.09. The van der Waals surface area contributed by atoms with Gasteiger partial charge in [-0.3, -0.25) is 4.79 Å². The van der Waals surface area contributed by atoms with Crippen molar-refractivity contribution in [1.29, 1.82) is 0 Å². The Kier molecular flexibility index (Phi) is 3.54. The zero-order valence-corrected chi connectivity index (χ0v) is 11.9. The standard InChI is InChI=1S/C13H18N2O3S/c1-9-8-19(17,18)6-5-15(9)11-3-4-12(10(2)16)13(14)7-11/h3-4,7,9H,5-6,8,14H2,1-2H3. The molecule has 1 fully saturated rings. The highest BCUT2D eigenvalue weighted by Gasteiger charge is 2.28. The maximum Gasteiger partial charge on any atom is 0.161 e. The van der Waals surface area contributed by atoms with E-state index >= 15 is 0 Å². The Morgan fingerprint density at radius 1 is 1.42 bits per heavy atom. The summed E-state index contributed by atoms with van der Waals surface area (Å²) in [5, 5.41) is 0. The smallest absolute Gasteiger partial charge is 0.161 e. The summed E-state index contributed by atoms with van der Waals surface area (Å²) in [4.78, 5) is 13.3. The van der Waals surface area contributed by atoms with Crippen molar-refractivity contribution < 1.29 is 13.2 Å². The monoisotopic (exact) mass is 282 g/mol. The third-order valence-electron chi connectivity index (χ3n) is 3.42. The lowest BCUT2D eigenvalue weighted by atomic mass is 10.1. The second kappa shape index (κ2) is 4.85. The summed E-state index contributed by atoms with van der Waals surface area (Å²) in [7, 11) is -2.93. The van der Waals surface area contributed by atoms with Crippen LogP contribution in [0.15, 0.2) is 18.2 Å². The van der Waals surface area contributed by atoms with Crippen LogP contribution >= 0.6 is 0 Å². The lowest BCUT2D eigenvalue weighted by Crippen LogP contribution is -2.47. The van der Waals surface area contributed by atoms with Gasteiger partial charge in [0.15, 0.2) is 15.6 Å². The number of anilines is 2. The van der Waals surface area contributed by atoms with Crippen LogP contribution in [0.1, 0.15) is 24.2 Å². The minimum Gasteiger partial charge on any atom is -0.398 e. The molecule has 2 N–H and O–H groups in total. The number of nitrogens with zero attached hydrogens (tertiary/aromatic N) is 1. The maximum absolute atomic E-state index is 11.6. The predicted molar refractivity (Wildman–Crippen MR) is 76.3 cm³/mol. The largest absolute Gasteiger partial charge is 0.398 e. The van der Waals surface area contributed by atoms with E-state index in [1.165, 1.54) is 6.92 Å². The van der Waals surface area contributed by atoms with Gasteiger partial charge in [-0.25, -0.2) is 8.42 Å². The number of carbonyl (C=O) groups is 1. The third-order valence-corrected chi connectivity index (χ3v) is 5.21. The van der Waals surface area contributed by atoms with Gasteiger partial charge in [-0.2, -0.15) is 0 Å². The number of ketones is 1. The van der Waals surface area contributed by atoms with E-state index in [1.54, 1.807) is 12.1 Å². The zero-order valence-electron chi connectivity index (χ0n) is 11.1. The SMILES string of the molecule is CC(=O)c1ccc(N2CCS(=O)(=O)CC2C)cc1N. The summed E-state index contributed by atoms with van der Waals surface area (Å²) in [6.07, 6.45) is 0. The summed E-state index contributed by atoms with van der Waals surface area (Å²) in [6, 6.07) is 5.18. The van der Waals surface area contributed by atoms with E-state index in [0.717, 1.165) is 5.69 Å². The van der Waals surface area contributed by atoms with Crippen molar-refractivity contribution >= 4 is 27.0 Å². The molecule has 1 unspecified atom stereocenters. The third kappa shape index (κ3) is 2.89. The van der Waals surface area contributed by atoms with Crippen molar-refractivity contribution in [2.24, 2.45) is 0 Å². The molecule has 5 nitrogen and oxygen atoms in total. The molecule has 1 aliphatic rings. The highest BCUT2D eigenvalue weighted by atomic mass is 32.2. The van der Waals surface area contributed by atoms with Crippen LogP contribution in [0, 0.1) is 0 Å². The first kappa shape index (κ1) is 13.9. The number of benzene rings is 1. The molecule has 1 aliphatic heterocycles. The number of carbonyl (C=O) groups excluding carboxylic acids is 1. The molecule has 19 heavy (non-hydrogen) atoms. The van der Waals surface area contributed by atoms with E-state index < -0.39 is 9.84 Å². The topological polar surface area (TPSA) is 80.5 Å². The molecular formula is C13H18N2O3S. The van der Waals surface area contributed by atoms with Crippen molar-refractivity contribution in [3.8, 4) is 0 Å². The lowest BCUT2D eigenvalue weighted by molar-refractivity contribution is 0.101. The molecule has 1 atom stereocenters. The molecule has 1 saturated heterocycles. The van der Waals surface area contributed by atoms with Gasteiger partial charge in [0.25, 0.3) is 0 Å². The molecular weight excluding hydrogens is 264 g/mol. The van der Waals surface area contributed by atoms with E-state index in [-0.39, 0.29) is 23.3 Å². The first-order chi connectivity index (χ1) is 8.80. The van der Waals surface area contributed by atoms with Crippen LogP contribution in [-0.2, 0) is 9.84 Å². The van der Waals surface area contributed by atoms with Gasteiger partial charge in [0.2, 0.25) is 0 Å². The number of hydrogen-bond donors (Lipinski definition) is 1. The summed E-state index contributed by atoms with van der Waals surface area (Å²) in [5.41, 5.74) is 7.66. The van der Waals surface area contributed by atoms with E-state index in [9.17, 15) is 13.2 Å². The summed E-state index contributed by atoms with van der Waals surface area (Å²) in [6.45, 7) is 3.82. The number of rotatable bonds is 2. The average Bonchev–Trinajstić information content (AvgIpc) is 2.26. The second-order valence-corrected chi connectivity index (χ2v) is 7.21. The quantitative estimate of drug-likeness (QED) is 0.649. The fraction of sp³-hybridized carbons (Fsp3) is 0.462. The average molecular weight is 282 g/mol. The van der Waals surface area contributed by atoms with E-state index in [1.807, 2.05) is 17.9 Å². The van der Waals surface area contributed by atoms with Crippen molar-refractivity contribution in [3.05, 3.63) is 23.8 Å². The van der Waals surface area contributed by atoms with Gasteiger partial charge in [-0.1, -0.05) is 0 Å². The van der Waals surface area contributed by atoms with Gasteiger partial charge < -0.3 is 10.6 Å². The molecule has 0 aliphatic carbocycles. The Morgan fingerprint density at radius 2 is 2.11 bits per heavy atom. The molecule has 0 spiro atoms. The highest BCUT2D eigenvalue weighted by Crippen LogP contribution is 2.25. The Balaban J connectivity index is 2.28. The maximum atomic E-state index is 11.6. The number of hydrogen-bond acceptors (Lipinski definition) is 5. The molecule has 0 bridgehead atoms. The fourth-order valence-corrected chi connectivity index (χ4v) is 3.99. The first-order valence-electron chi connectivity index (χ1n) is 6.18. The van der Waals surface area contributed by atoms with Gasteiger partial charge in [-0.05, 0) is 32.0 Å². The fourth-order valence-electron chi connectivity index (χ4n) is 2.43. The van der Waals surface area contributed by atoms with Crippen LogP contribution in [-0.4, -0.2) is 38.3 Å². The van der Waals surface area contributed by atoms with Gasteiger partial charge in [-0.15, -0.1) is 0 Å². The van der Waals surface area contributed by atoms with Crippen LogP contribution in [0.5, 0.6) is 0 Å². The molecule has 0 aromatic heterocycles. The molecule has 1 aromatic rings. The van der Waals surface area contributed by atoms with Crippen LogP contribution < -0.4 is 10.6 Å². The van der Waals surface area contributed by atoms with Crippen molar-refractivity contribution in [2.75, 3.05) is 28.7 Å². The molecule has 2 rings (SSSR count). The van der Waals surface area contributed by atoms with Crippen molar-refractivity contribution in [2.45, 2.75) is 19.9 Å². The summed E-state index contributed by atoms with van der Waals surface area (Å²) >= 11 is 0. The Morgan fingerprint density at radius 3 is 2.63 bits per heavy atom. The Hall–Kier alpha value is -1.56. The number of sulfone groups is 1. The van der Waals surface area contributed by atoms with Crippen molar-refractivity contribution in [3.63, 3.8) is 0 Å². The minimum atomic E-state index is -2.93. The van der Waals surface area contributed by atoms with Gasteiger partial charge in [0.05, 0.1) is 11.5 Å².